The van der Waals surface area contributed by atoms with E-state index in [1.807, 2.05) is 6.07 Å². The zero-order chi connectivity index (χ0) is 15.3. The predicted molar refractivity (Wildman–Crippen MR) is 67.7 cm³/mol. The molecule has 2 aromatic carbocycles. The third-order valence-corrected chi connectivity index (χ3v) is 2.74. The van der Waals surface area contributed by atoms with Crippen LogP contribution in [-0.2, 0) is 0 Å². The summed E-state index contributed by atoms with van der Waals surface area (Å²) in [5.41, 5.74) is 2.43. The fourth-order valence-electron chi connectivity index (χ4n) is 1.97. The van der Waals surface area contributed by atoms with Gasteiger partial charge < -0.3 is 0 Å². The average molecular weight is 307 g/mol. The Labute approximate surface area is 123 Å². The molecule has 5 nitrogen and oxygen atoms in total. The van der Waals surface area contributed by atoms with Crippen molar-refractivity contribution in [1.82, 2.24) is 0 Å². The summed E-state index contributed by atoms with van der Waals surface area (Å²) in [5.74, 6) is 0. The zero-order valence-corrected chi connectivity index (χ0v) is 11.7. The number of nitrogens with zero attached hydrogens (tertiary/aromatic N) is 1. The standard InChI is InChI=1S/C15H12N.ClHO4/c1-2-9-14(10-3-1)16-12-6-8-13-7-4-5-11-15(13)16;2-1(3,4)5/h1-12H;(H,2,3,4,5)/q+1;. The maximum Gasteiger partial charge on any atom is 0.218 e. The highest BCUT2D eigenvalue weighted by Gasteiger charge is 2.09. The van der Waals surface area contributed by atoms with Crippen LogP contribution in [0.5, 0.6) is 0 Å². The maximum absolute atomic E-state index is 8.60. The van der Waals surface area contributed by atoms with Gasteiger partial charge in [0.15, 0.2) is 6.20 Å². The van der Waals surface area contributed by atoms with Gasteiger partial charge in [0, 0.05) is 29.7 Å². The van der Waals surface area contributed by atoms with Gasteiger partial charge >= 0.3 is 0 Å². The van der Waals surface area contributed by atoms with E-state index in [1.165, 1.54) is 16.6 Å². The molecule has 0 aliphatic rings. The van der Waals surface area contributed by atoms with Gasteiger partial charge in [0.1, 0.15) is 0 Å². The monoisotopic (exact) mass is 306 g/mol. The van der Waals surface area contributed by atoms with E-state index in [-0.39, 0.29) is 0 Å². The van der Waals surface area contributed by atoms with Crippen LogP contribution < -0.4 is 18.5 Å². The summed E-state index contributed by atoms with van der Waals surface area (Å²) in [7, 11) is -4.69. The molecular weight excluding hydrogens is 294 g/mol. The van der Waals surface area contributed by atoms with E-state index in [0.29, 0.717) is 0 Å². The highest BCUT2D eigenvalue weighted by Crippen LogP contribution is 2.10. The highest BCUT2D eigenvalue weighted by atomic mass is 35.7. The molecule has 0 saturated heterocycles. The Morgan fingerprint density at radius 1 is 0.762 bits per heavy atom. The van der Waals surface area contributed by atoms with Crippen LogP contribution in [-0.4, -0.2) is 4.66 Å². The number of hydrogen-bond donors (Lipinski definition) is 1. The van der Waals surface area contributed by atoms with Crippen molar-refractivity contribution < 1.29 is 33.4 Å². The Bertz CT molecular complexity index is 702. The molecule has 6 heteroatoms. The predicted octanol–water partition coefficient (Wildman–Crippen LogP) is -1.01. The molecule has 0 unspecified atom stereocenters. The first kappa shape index (κ1) is 15.4. The molecule has 1 heterocycles. The largest absolute Gasteiger partial charge is 0.218 e. The second-order valence-electron chi connectivity index (χ2n) is 4.17. The van der Waals surface area contributed by atoms with Crippen molar-refractivity contribution in [3.63, 3.8) is 0 Å². The van der Waals surface area contributed by atoms with Gasteiger partial charge in [-0.1, -0.05) is 30.3 Å². The van der Waals surface area contributed by atoms with Gasteiger partial charge in [-0.3, -0.25) is 0 Å². The molecule has 0 fully saturated rings. The van der Waals surface area contributed by atoms with Crippen molar-refractivity contribution in [2.45, 2.75) is 0 Å². The van der Waals surface area contributed by atoms with E-state index in [0.717, 1.165) is 0 Å². The van der Waals surface area contributed by atoms with E-state index in [1.54, 1.807) is 0 Å². The molecule has 1 N–H and O–H groups in total. The van der Waals surface area contributed by atoms with Crippen molar-refractivity contribution in [3.05, 3.63) is 72.9 Å². The Hall–Kier alpha value is -2.02. The quantitative estimate of drug-likeness (QED) is 0.583. The van der Waals surface area contributed by atoms with Crippen LogP contribution in [0, 0.1) is 10.2 Å². The van der Waals surface area contributed by atoms with E-state index in [4.69, 9.17) is 18.6 Å². The summed E-state index contributed by atoms with van der Waals surface area (Å²) >= 11 is 0. The lowest BCUT2D eigenvalue weighted by Crippen LogP contribution is -2.58. The number of aromatic nitrogens is 1. The zero-order valence-electron chi connectivity index (χ0n) is 10.9. The van der Waals surface area contributed by atoms with Crippen LogP contribution in [0.3, 0.4) is 0 Å². The van der Waals surface area contributed by atoms with E-state index >= 15 is 0 Å². The molecule has 0 atom stereocenters. The number of halogens is 1. The fraction of sp³-hybridized carbons (Fsp3) is 0. The molecular formula is C15H13ClNO4+. The van der Waals surface area contributed by atoms with Gasteiger partial charge in [-0.25, -0.2) is 0 Å². The first-order valence-electron chi connectivity index (χ1n) is 6.03. The minimum Gasteiger partial charge on any atom is -0.183 e. The minimum atomic E-state index is -4.69. The number of hydrogen-bond acceptors (Lipinski definition) is 4. The first-order valence-corrected chi connectivity index (χ1v) is 7.29. The van der Waals surface area contributed by atoms with Gasteiger partial charge in [0.2, 0.25) is 11.2 Å². The number of fused-ring (bicyclic) bond motifs is 1. The normalized spacial score (nSPS) is 10.9. The van der Waals surface area contributed by atoms with Crippen LogP contribution in [0.1, 0.15) is 0 Å². The van der Waals surface area contributed by atoms with Crippen LogP contribution >= 0.6 is 0 Å². The number of benzene rings is 2. The summed E-state index contributed by atoms with van der Waals surface area (Å²) in [4.78, 5) is 0. The van der Waals surface area contributed by atoms with E-state index < -0.39 is 10.2 Å². The molecule has 0 saturated carbocycles. The van der Waals surface area contributed by atoms with Crippen LogP contribution in [0.2, 0.25) is 0 Å². The van der Waals surface area contributed by atoms with Crippen LogP contribution in [0.4, 0.5) is 0 Å². The fourth-order valence-corrected chi connectivity index (χ4v) is 1.97. The van der Waals surface area contributed by atoms with E-state index in [9.17, 15) is 0 Å². The van der Waals surface area contributed by atoms with Gasteiger partial charge in [-0.15, -0.1) is 0 Å². The van der Waals surface area contributed by atoms with Crippen molar-refractivity contribution >= 4 is 10.9 Å². The van der Waals surface area contributed by atoms with Crippen LogP contribution in [0.25, 0.3) is 16.6 Å². The molecule has 21 heavy (non-hydrogen) atoms. The number of para-hydroxylation sites is 2. The second kappa shape index (κ2) is 6.62. The third kappa shape index (κ3) is 4.78. The molecule has 3 aromatic rings. The lowest BCUT2D eigenvalue weighted by atomic mass is 10.2. The Balaban J connectivity index is 0.000000282. The number of rotatable bonds is 1. The van der Waals surface area contributed by atoms with Gasteiger partial charge in [-0.05, 0) is 12.1 Å². The summed E-state index contributed by atoms with van der Waals surface area (Å²) in [6.07, 6.45) is 2.09. The lowest BCUT2D eigenvalue weighted by molar-refractivity contribution is -1.92. The first-order chi connectivity index (χ1) is 9.95. The number of pyridine rings is 1. The molecule has 0 aliphatic carbocycles. The lowest BCUT2D eigenvalue weighted by Gasteiger charge is -2.03. The van der Waals surface area contributed by atoms with Crippen LogP contribution in [0.15, 0.2) is 72.9 Å². The summed E-state index contributed by atoms with van der Waals surface area (Å²) in [6, 6.07) is 23.0. The molecule has 0 amide bonds. The molecule has 0 bridgehead atoms. The minimum absolute atomic E-state index is 1.19. The Morgan fingerprint density at radius 2 is 1.29 bits per heavy atom. The maximum atomic E-state index is 8.60. The highest BCUT2D eigenvalue weighted by molar-refractivity contribution is 5.75. The second-order valence-corrected chi connectivity index (χ2v) is 4.96. The van der Waals surface area contributed by atoms with Crippen molar-refractivity contribution in [2.24, 2.45) is 0 Å². The molecule has 3 rings (SSSR count). The average Bonchev–Trinajstić information content (AvgIpc) is 2.46. The summed E-state index contributed by atoms with van der Waals surface area (Å²) in [5, 5.41) is 1.26. The molecule has 0 aliphatic heterocycles. The van der Waals surface area contributed by atoms with Gasteiger partial charge in [0.25, 0.3) is 0 Å². The summed E-state index contributed by atoms with van der Waals surface area (Å²) in [6.45, 7) is 0. The van der Waals surface area contributed by atoms with Crippen molar-refractivity contribution in [2.75, 3.05) is 0 Å². The Morgan fingerprint density at radius 3 is 1.95 bits per heavy atom. The smallest absolute Gasteiger partial charge is 0.183 e. The van der Waals surface area contributed by atoms with E-state index in [2.05, 4.69) is 71.4 Å². The summed E-state index contributed by atoms with van der Waals surface area (Å²) < 4.78 is 34.9. The van der Waals surface area contributed by atoms with Crippen molar-refractivity contribution in [1.29, 1.82) is 0 Å². The van der Waals surface area contributed by atoms with Crippen molar-refractivity contribution in [3.8, 4) is 5.69 Å². The van der Waals surface area contributed by atoms with Gasteiger partial charge in [-0.2, -0.15) is 18.5 Å². The molecule has 0 radical (unpaired) electrons. The molecule has 1 aromatic heterocycles. The molecule has 108 valence electrons. The molecule has 0 spiro atoms. The van der Waals surface area contributed by atoms with Gasteiger partial charge in [0.05, 0.1) is 14.9 Å². The Kier molecular flexibility index (Phi) is 4.85. The third-order valence-electron chi connectivity index (χ3n) is 2.74. The SMILES string of the molecule is [O-][Cl+3]([O-])([O-])O.c1ccc(-[n+]2cccc3ccccc32)cc1. The topological polar surface area (TPSA) is 93.3 Å².